The van der Waals surface area contributed by atoms with Crippen LogP contribution in [0.4, 0.5) is 16.2 Å². The molecule has 5 rings (SSSR count). The number of nitrogens with one attached hydrogen (secondary N) is 1. The molecular formula is C32H30N4O5S. The number of carbonyl (C=O) groups is 3. The molecule has 3 amide bonds. The van der Waals surface area contributed by atoms with E-state index in [1.807, 2.05) is 50.4 Å². The molecule has 1 saturated heterocycles. The number of aryl methyl sites for hydroxylation is 3. The third-order valence-electron chi connectivity index (χ3n) is 7.80. The zero-order valence-electron chi connectivity index (χ0n) is 23.3. The summed E-state index contributed by atoms with van der Waals surface area (Å²) in [5.41, 5.74) is 9.68. The van der Waals surface area contributed by atoms with Crippen LogP contribution >= 0.6 is 11.3 Å². The summed E-state index contributed by atoms with van der Waals surface area (Å²) in [4.78, 5) is 55.4. The summed E-state index contributed by atoms with van der Waals surface area (Å²) in [7, 11) is 0. The van der Waals surface area contributed by atoms with Gasteiger partial charge in [-0.05, 0) is 66.6 Å². The van der Waals surface area contributed by atoms with E-state index < -0.39 is 40.8 Å². The zero-order valence-corrected chi connectivity index (χ0v) is 24.1. The summed E-state index contributed by atoms with van der Waals surface area (Å²) in [5.74, 6) is -2.81. The first-order valence-corrected chi connectivity index (χ1v) is 14.3. The van der Waals surface area contributed by atoms with Gasteiger partial charge in [0.25, 0.3) is 5.69 Å². The van der Waals surface area contributed by atoms with Gasteiger partial charge in [0.1, 0.15) is 6.04 Å². The topological polar surface area (TPSA) is 136 Å². The lowest BCUT2D eigenvalue weighted by Crippen LogP contribution is -2.48. The van der Waals surface area contributed by atoms with Crippen LogP contribution in [0.3, 0.4) is 0 Å². The number of likely N-dealkylation sites (tertiary alicyclic amines) is 1. The minimum Gasteiger partial charge on any atom is -0.368 e. The van der Waals surface area contributed by atoms with Crippen molar-refractivity contribution in [1.29, 1.82) is 0 Å². The van der Waals surface area contributed by atoms with Gasteiger partial charge in [0.2, 0.25) is 5.91 Å². The Bertz CT molecular complexity index is 1700. The number of hydrogen-bond acceptors (Lipinski definition) is 6. The Morgan fingerprint density at radius 1 is 0.929 bits per heavy atom. The fourth-order valence-electron chi connectivity index (χ4n) is 5.95. The fourth-order valence-corrected chi connectivity index (χ4v) is 7.05. The predicted octanol–water partition coefficient (Wildman–Crippen LogP) is 6.31. The SMILES string of the molecule is Cc1cccc(NC(=O)N2C(C(N)=O)C(c3sccc3C)C(C(=O)c3ccccc3C)C2c2cccc([N+](=O)[O-])c2)c1. The van der Waals surface area contributed by atoms with Crippen molar-refractivity contribution in [3.8, 4) is 0 Å². The van der Waals surface area contributed by atoms with Crippen LogP contribution < -0.4 is 11.1 Å². The van der Waals surface area contributed by atoms with Crippen LogP contribution in [0, 0.1) is 36.8 Å². The number of rotatable bonds is 7. The van der Waals surface area contributed by atoms with Crippen LogP contribution in [0.5, 0.6) is 0 Å². The highest BCUT2D eigenvalue weighted by molar-refractivity contribution is 7.10. The maximum Gasteiger partial charge on any atom is 0.323 e. The Kier molecular flexibility index (Phi) is 7.91. The van der Waals surface area contributed by atoms with E-state index >= 15 is 0 Å². The molecule has 0 bridgehead atoms. The van der Waals surface area contributed by atoms with Crippen LogP contribution in [-0.4, -0.2) is 33.6 Å². The molecule has 10 heteroatoms. The Labute approximate surface area is 247 Å². The third kappa shape index (κ3) is 5.28. The van der Waals surface area contributed by atoms with Gasteiger partial charge in [-0.3, -0.25) is 19.7 Å². The first-order chi connectivity index (χ1) is 20.1. The first kappa shape index (κ1) is 28.7. The lowest BCUT2D eigenvalue weighted by atomic mass is 9.77. The number of amides is 3. The second-order valence-corrected chi connectivity index (χ2v) is 11.5. The highest BCUT2D eigenvalue weighted by Gasteiger charge is 2.58. The molecule has 0 saturated carbocycles. The van der Waals surface area contributed by atoms with E-state index in [2.05, 4.69) is 5.32 Å². The van der Waals surface area contributed by atoms with E-state index in [-0.39, 0.29) is 11.5 Å². The summed E-state index contributed by atoms with van der Waals surface area (Å²) in [6.45, 7) is 5.59. The van der Waals surface area contributed by atoms with Crippen molar-refractivity contribution in [3.05, 3.63) is 127 Å². The maximum absolute atomic E-state index is 14.6. The van der Waals surface area contributed by atoms with E-state index in [4.69, 9.17) is 5.73 Å². The molecule has 3 aromatic carbocycles. The lowest BCUT2D eigenvalue weighted by molar-refractivity contribution is -0.385. The van der Waals surface area contributed by atoms with Crippen LogP contribution in [0.2, 0.25) is 0 Å². The van der Waals surface area contributed by atoms with Gasteiger partial charge in [0.05, 0.1) is 16.9 Å². The number of nitrogens with two attached hydrogens (primary N) is 1. The number of non-ortho nitro benzene ring substituents is 1. The molecule has 1 aliphatic heterocycles. The number of carbonyl (C=O) groups excluding carboxylic acids is 3. The Hall–Kier alpha value is -4.83. The number of nitro benzene ring substituents is 1. The minimum absolute atomic E-state index is 0.194. The van der Waals surface area contributed by atoms with Crippen LogP contribution in [0.25, 0.3) is 0 Å². The van der Waals surface area contributed by atoms with E-state index in [9.17, 15) is 24.5 Å². The summed E-state index contributed by atoms with van der Waals surface area (Å²) in [6.07, 6.45) is 0. The second kappa shape index (κ2) is 11.6. The van der Waals surface area contributed by atoms with E-state index in [0.29, 0.717) is 16.8 Å². The number of primary amides is 1. The van der Waals surface area contributed by atoms with Crippen molar-refractivity contribution in [1.82, 2.24) is 4.90 Å². The van der Waals surface area contributed by atoms with Crippen molar-refractivity contribution < 1.29 is 19.3 Å². The zero-order chi connectivity index (χ0) is 30.1. The Morgan fingerprint density at radius 3 is 2.31 bits per heavy atom. The molecule has 1 aliphatic rings. The molecule has 1 fully saturated rings. The molecule has 1 aromatic heterocycles. The van der Waals surface area contributed by atoms with Crippen LogP contribution in [-0.2, 0) is 4.79 Å². The summed E-state index contributed by atoms with van der Waals surface area (Å²) < 4.78 is 0. The number of anilines is 1. The van der Waals surface area contributed by atoms with E-state index in [1.54, 1.807) is 36.4 Å². The monoisotopic (exact) mass is 582 g/mol. The summed E-state index contributed by atoms with van der Waals surface area (Å²) >= 11 is 1.39. The Morgan fingerprint density at radius 2 is 1.67 bits per heavy atom. The summed E-state index contributed by atoms with van der Waals surface area (Å²) in [5, 5.41) is 16.5. The summed E-state index contributed by atoms with van der Waals surface area (Å²) in [6, 6.07) is 19.2. The van der Waals surface area contributed by atoms with Gasteiger partial charge in [-0.25, -0.2) is 4.79 Å². The van der Waals surface area contributed by atoms with Crippen molar-refractivity contribution in [3.63, 3.8) is 0 Å². The highest BCUT2D eigenvalue weighted by atomic mass is 32.1. The minimum atomic E-state index is -1.21. The Balaban J connectivity index is 1.77. The van der Waals surface area contributed by atoms with Gasteiger partial charge >= 0.3 is 6.03 Å². The van der Waals surface area contributed by atoms with Gasteiger partial charge < -0.3 is 16.0 Å². The molecule has 2 heterocycles. The molecule has 3 N–H and O–H groups in total. The normalized spacial score (nSPS) is 19.8. The number of nitrogens with zero attached hydrogens (tertiary/aromatic N) is 2. The maximum atomic E-state index is 14.6. The average molecular weight is 583 g/mol. The smallest absolute Gasteiger partial charge is 0.323 e. The number of hydrogen-bond donors (Lipinski definition) is 2. The number of nitro groups is 1. The van der Waals surface area contributed by atoms with Gasteiger partial charge in [0, 0.05) is 34.2 Å². The standard InChI is InChI=1S/C32H30N4O5S/c1-18-8-6-11-22(16-18)34-32(39)35-27(21-10-7-12-23(17-21)36(40)41)25(29(37)24-13-5-4-9-19(24)2)26(28(35)31(33)38)30-20(3)14-15-42-30/h4-17,25-28H,1-3H3,(H2,33,38)(H,34,39). The third-order valence-corrected chi connectivity index (χ3v) is 8.92. The van der Waals surface area contributed by atoms with E-state index in [1.165, 1.54) is 34.4 Å². The van der Waals surface area contributed by atoms with Gasteiger partial charge in [0.15, 0.2) is 5.78 Å². The molecule has 9 nitrogen and oxygen atoms in total. The van der Waals surface area contributed by atoms with Gasteiger partial charge in [-0.1, -0.05) is 48.5 Å². The molecule has 4 atom stereocenters. The molecule has 4 aromatic rings. The van der Waals surface area contributed by atoms with Gasteiger partial charge in [-0.2, -0.15) is 0 Å². The number of Topliss-reactive ketones (excluding diaryl/α,β-unsaturated/α-hetero) is 1. The lowest BCUT2D eigenvalue weighted by Gasteiger charge is -2.31. The molecule has 42 heavy (non-hydrogen) atoms. The van der Waals surface area contributed by atoms with E-state index in [0.717, 1.165) is 21.6 Å². The van der Waals surface area contributed by atoms with Crippen LogP contribution in [0.1, 0.15) is 49.4 Å². The molecule has 0 aliphatic carbocycles. The highest BCUT2D eigenvalue weighted by Crippen LogP contribution is 2.53. The molecule has 0 spiro atoms. The molecule has 4 unspecified atom stereocenters. The molecule has 214 valence electrons. The number of thiophene rings is 1. The largest absolute Gasteiger partial charge is 0.368 e. The second-order valence-electron chi connectivity index (χ2n) is 10.5. The quantitative estimate of drug-likeness (QED) is 0.150. The predicted molar refractivity (Wildman–Crippen MR) is 162 cm³/mol. The van der Waals surface area contributed by atoms with Crippen molar-refractivity contribution in [2.24, 2.45) is 11.7 Å². The first-order valence-electron chi connectivity index (χ1n) is 13.4. The van der Waals surface area contributed by atoms with Crippen LogP contribution in [0.15, 0.2) is 84.2 Å². The number of benzene rings is 3. The number of ketones is 1. The molecular weight excluding hydrogens is 552 g/mol. The molecule has 0 radical (unpaired) electrons. The fraction of sp³-hybridized carbons (Fsp3) is 0.219. The van der Waals surface area contributed by atoms with Crippen molar-refractivity contribution >= 4 is 40.4 Å². The van der Waals surface area contributed by atoms with Crippen molar-refractivity contribution in [2.45, 2.75) is 38.8 Å². The van der Waals surface area contributed by atoms with Crippen molar-refractivity contribution in [2.75, 3.05) is 5.32 Å². The van der Waals surface area contributed by atoms with Gasteiger partial charge in [-0.15, -0.1) is 11.3 Å². The average Bonchev–Trinajstić information content (AvgIpc) is 3.54. The number of urea groups is 1.